The molecule has 2 aromatic carbocycles. The first-order chi connectivity index (χ1) is 14.2. The lowest BCUT2D eigenvalue weighted by molar-refractivity contribution is -0.137. The molecule has 5 rings (SSSR count). The number of fused-ring (bicyclic) bond motifs is 1. The Balaban J connectivity index is 1.53. The molecule has 2 atom stereocenters. The average molecular weight is 391 g/mol. The summed E-state index contributed by atoms with van der Waals surface area (Å²) in [6, 6.07) is 16.7. The Kier molecular flexibility index (Phi) is 4.55. The summed E-state index contributed by atoms with van der Waals surface area (Å²) in [6.07, 6.45) is 5.19. The number of rotatable bonds is 4. The van der Waals surface area contributed by atoms with Crippen LogP contribution in [0.1, 0.15) is 43.2 Å². The number of likely N-dealkylation sites (tertiary alicyclic amines) is 1. The summed E-state index contributed by atoms with van der Waals surface area (Å²) in [6.45, 7) is 3.65. The maximum Gasteiger partial charge on any atom is 0.307 e. The molecule has 0 aromatic heterocycles. The molecule has 150 valence electrons. The lowest BCUT2D eigenvalue weighted by atomic mass is 9.78. The van der Waals surface area contributed by atoms with Gasteiger partial charge in [0.1, 0.15) is 5.76 Å². The summed E-state index contributed by atoms with van der Waals surface area (Å²) in [5, 5.41) is 0. The van der Waals surface area contributed by atoms with Crippen LogP contribution < -0.4 is 9.47 Å². The summed E-state index contributed by atoms with van der Waals surface area (Å²) in [4.78, 5) is 14.4. The zero-order valence-electron chi connectivity index (χ0n) is 16.6. The fourth-order valence-electron chi connectivity index (χ4n) is 5.17. The molecule has 2 aliphatic heterocycles. The van der Waals surface area contributed by atoms with Crippen LogP contribution in [0.4, 0.5) is 0 Å². The second kappa shape index (κ2) is 7.23. The second-order valence-electron chi connectivity index (χ2n) is 8.06. The minimum atomic E-state index is -0.272. The topological polar surface area (TPSA) is 48.0 Å². The molecule has 0 amide bonds. The second-order valence-corrected chi connectivity index (χ2v) is 8.06. The first-order valence-corrected chi connectivity index (χ1v) is 10.2. The number of hydrogen-bond acceptors (Lipinski definition) is 5. The molecule has 2 aromatic rings. The lowest BCUT2D eigenvalue weighted by Gasteiger charge is -2.41. The molecule has 0 N–H and O–H groups in total. The fourth-order valence-corrected chi connectivity index (χ4v) is 5.17. The van der Waals surface area contributed by atoms with Gasteiger partial charge in [-0.2, -0.15) is 0 Å². The number of hydrogen-bond donors (Lipinski definition) is 0. The molecule has 1 saturated heterocycles. The molecule has 0 radical (unpaired) electrons. The van der Waals surface area contributed by atoms with Gasteiger partial charge in [0.25, 0.3) is 0 Å². The van der Waals surface area contributed by atoms with E-state index in [1.165, 1.54) is 12.5 Å². The van der Waals surface area contributed by atoms with Crippen molar-refractivity contribution in [3.63, 3.8) is 0 Å². The molecular weight excluding hydrogens is 366 g/mol. The highest BCUT2D eigenvalue weighted by molar-refractivity contribution is 5.68. The SMILES string of the molecule is CC(=O)OC1=CC[C@@]2(CCCN2Cc2ccccc2)[C@H]1c1ccc2c(c1)OCO2. The number of benzene rings is 2. The lowest BCUT2D eigenvalue weighted by Crippen LogP contribution is -2.46. The van der Waals surface area contributed by atoms with Crippen LogP contribution in [-0.4, -0.2) is 29.7 Å². The minimum absolute atomic E-state index is 0.00730. The molecule has 1 fully saturated rings. The van der Waals surface area contributed by atoms with Gasteiger partial charge in [0.15, 0.2) is 11.5 Å². The van der Waals surface area contributed by atoms with Gasteiger partial charge in [-0.05, 0) is 55.1 Å². The van der Waals surface area contributed by atoms with Crippen molar-refractivity contribution in [2.45, 2.75) is 44.2 Å². The predicted molar refractivity (Wildman–Crippen MR) is 109 cm³/mol. The molecule has 0 unspecified atom stereocenters. The van der Waals surface area contributed by atoms with E-state index in [1.54, 1.807) is 0 Å². The highest BCUT2D eigenvalue weighted by Gasteiger charge is 2.52. The van der Waals surface area contributed by atoms with E-state index >= 15 is 0 Å². The Morgan fingerprint density at radius 2 is 2.00 bits per heavy atom. The molecule has 29 heavy (non-hydrogen) atoms. The van der Waals surface area contributed by atoms with E-state index in [2.05, 4.69) is 53.4 Å². The van der Waals surface area contributed by atoms with Gasteiger partial charge in [0.05, 0.1) is 5.92 Å². The smallest absolute Gasteiger partial charge is 0.307 e. The van der Waals surface area contributed by atoms with Crippen LogP contribution in [0.5, 0.6) is 11.5 Å². The summed E-state index contributed by atoms with van der Waals surface area (Å²) in [5.74, 6) is 2.01. The number of ether oxygens (including phenoxy) is 3. The van der Waals surface area contributed by atoms with E-state index in [0.29, 0.717) is 0 Å². The van der Waals surface area contributed by atoms with E-state index < -0.39 is 0 Å². The first kappa shape index (κ1) is 18.3. The van der Waals surface area contributed by atoms with E-state index in [0.717, 1.165) is 55.2 Å². The molecule has 0 saturated carbocycles. The summed E-state index contributed by atoms with van der Waals surface area (Å²) < 4.78 is 16.8. The molecule has 2 heterocycles. The standard InChI is InChI=1S/C24H25NO4/c1-17(26)29-21-10-12-24(11-5-13-25(24)15-18-6-3-2-4-7-18)23(21)19-8-9-20-22(14-19)28-16-27-20/h2-4,6-10,14,23H,5,11-13,15-16H2,1H3/t23-,24-/m0/s1. The van der Waals surface area contributed by atoms with Gasteiger partial charge in [0, 0.05) is 19.0 Å². The van der Waals surface area contributed by atoms with E-state index in [9.17, 15) is 4.79 Å². The maximum absolute atomic E-state index is 11.8. The highest BCUT2D eigenvalue weighted by atomic mass is 16.7. The Bertz CT molecular complexity index is 955. The van der Waals surface area contributed by atoms with Crippen molar-refractivity contribution in [3.05, 3.63) is 71.5 Å². The molecule has 5 heteroatoms. The third kappa shape index (κ3) is 3.19. The van der Waals surface area contributed by atoms with Crippen molar-refractivity contribution in [2.75, 3.05) is 13.3 Å². The van der Waals surface area contributed by atoms with Gasteiger partial charge < -0.3 is 14.2 Å². The summed E-state index contributed by atoms with van der Waals surface area (Å²) >= 11 is 0. The van der Waals surface area contributed by atoms with Crippen molar-refractivity contribution in [1.82, 2.24) is 4.90 Å². The summed E-state index contributed by atoms with van der Waals surface area (Å²) in [7, 11) is 0. The minimum Gasteiger partial charge on any atom is -0.454 e. The first-order valence-electron chi connectivity index (χ1n) is 10.2. The van der Waals surface area contributed by atoms with E-state index in [-0.39, 0.29) is 24.2 Å². The van der Waals surface area contributed by atoms with Crippen LogP contribution in [0.25, 0.3) is 0 Å². The quantitative estimate of drug-likeness (QED) is 0.724. The third-order valence-electron chi connectivity index (χ3n) is 6.35. The molecule has 0 bridgehead atoms. The van der Waals surface area contributed by atoms with Gasteiger partial charge in [-0.25, -0.2) is 0 Å². The molecular formula is C24H25NO4. The zero-order chi connectivity index (χ0) is 19.8. The van der Waals surface area contributed by atoms with Gasteiger partial charge in [-0.3, -0.25) is 9.69 Å². The number of carbonyl (C=O) groups excluding carboxylic acids is 1. The van der Waals surface area contributed by atoms with Crippen LogP contribution in [0.3, 0.4) is 0 Å². The average Bonchev–Trinajstić information content (AvgIpc) is 3.42. The number of carbonyl (C=O) groups is 1. The van der Waals surface area contributed by atoms with Crippen molar-refractivity contribution in [2.24, 2.45) is 0 Å². The highest BCUT2D eigenvalue weighted by Crippen LogP contribution is 2.53. The fraction of sp³-hybridized carbons (Fsp3) is 0.375. The van der Waals surface area contributed by atoms with Crippen LogP contribution in [0.15, 0.2) is 60.4 Å². The largest absolute Gasteiger partial charge is 0.454 e. The zero-order valence-corrected chi connectivity index (χ0v) is 16.6. The molecule has 5 nitrogen and oxygen atoms in total. The Hall–Kier alpha value is -2.79. The Morgan fingerprint density at radius 1 is 1.17 bits per heavy atom. The van der Waals surface area contributed by atoms with Crippen molar-refractivity contribution in [3.8, 4) is 11.5 Å². The normalized spacial score (nSPS) is 25.4. The van der Waals surface area contributed by atoms with Crippen LogP contribution in [0.2, 0.25) is 0 Å². The number of nitrogens with zero attached hydrogens (tertiary/aromatic N) is 1. The maximum atomic E-state index is 11.8. The monoisotopic (exact) mass is 391 g/mol. The van der Waals surface area contributed by atoms with Gasteiger partial charge in [-0.15, -0.1) is 0 Å². The van der Waals surface area contributed by atoms with Crippen LogP contribution >= 0.6 is 0 Å². The summed E-state index contributed by atoms with van der Waals surface area (Å²) in [5.41, 5.74) is 2.33. The van der Waals surface area contributed by atoms with Crippen LogP contribution in [0, 0.1) is 0 Å². The Morgan fingerprint density at radius 3 is 2.83 bits per heavy atom. The molecule has 1 aliphatic carbocycles. The van der Waals surface area contributed by atoms with Crippen molar-refractivity contribution in [1.29, 1.82) is 0 Å². The van der Waals surface area contributed by atoms with E-state index in [1.807, 2.05) is 6.07 Å². The van der Waals surface area contributed by atoms with Crippen molar-refractivity contribution < 1.29 is 19.0 Å². The predicted octanol–water partition coefficient (Wildman–Crippen LogP) is 4.38. The van der Waals surface area contributed by atoms with E-state index in [4.69, 9.17) is 14.2 Å². The van der Waals surface area contributed by atoms with Crippen LogP contribution in [-0.2, 0) is 16.1 Å². The van der Waals surface area contributed by atoms with Gasteiger partial charge in [0.2, 0.25) is 6.79 Å². The van der Waals surface area contributed by atoms with Gasteiger partial charge in [-0.1, -0.05) is 36.4 Å². The van der Waals surface area contributed by atoms with Gasteiger partial charge >= 0.3 is 5.97 Å². The third-order valence-corrected chi connectivity index (χ3v) is 6.35. The molecule has 1 spiro atoms. The number of esters is 1. The molecule has 3 aliphatic rings. The van der Waals surface area contributed by atoms with Crippen molar-refractivity contribution >= 4 is 5.97 Å². The Labute approximate surface area is 170 Å².